The van der Waals surface area contributed by atoms with E-state index in [0.29, 0.717) is 11.4 Å². The van der Waals surface area contributed by atoms with Crippen LogP contribution in [0.5, 0.6) is 0 Å². The van der Waals surface area contributed by atoms with Gasteiger partial charge in [-0.25, -0.2) is 0 Å². The van der Waals surface area contributed by atoms with Crippen LogP contribution in [-0.4, -0.2) is 21.9 Å². The minimum absolute atomic E-state index is 0.139. The molecule has 0 radical (unpaired) electrons. The number of hydrogen-bond acceptors (Lipinski definition) is 2. The molecule has 16 heavy (non-hydrogen) atoms. The minimum Gasteiger partial charge on any atom is -0.396 e. The van der Waals surface area contributed by atoms with E-state index in [-0.39, 0.29) is 6.61 Å². The van der Waals surface area contributed by atoms with E-state index in [1.807, 2.05) is 18.2 Å². The first kappa shape index (κ1) is 11.6. The average Bonchev–Trinajstić information content (AvgIpc) is 2.71. The van der Waals surface area contributed by atoms with Gasteiger partial charge in [-0.05, 0) is 28.4 Å². The van der Waals surface area contributed by atoms with Gasteiger partial charge < -0.3 is 5.11 Å². The number of halogens is 2. The van der Waals surface area contributed by atoms with Crippen molar-refractivity contribution in [3.05, 3.63) is 33.4 Å². The summed E-state index contributed by atoms with van der Waals surface area (Å²) in [5.74, 6) is 0. The molecule has 2 N–H and O–H groups in total. The molecular weight excluding hydrogens is 291 g/mol. The molecule has 1 aromatic carbocycles. The number of aromatic nitrogens is 2. The van der Waals surface area contributed by atoms with Crippen molar-refractivity contribution in [2.45, 2.75) is 6.42 Å². The lowest BCUT2D eigenvalue weighted by molar-refractivity contribution is 0.303. The van der Waals surface area contributed by atoms with Crippen LogP contribution >= 0.6 is 27.5 Å². The van der Waals surface area contributed by atoms with Crippen molar-refractivity contribution in [2.24, 2.45) is 0 Å². The van der Waals surface area contributed by atoms with Crippen molar-refractivity contribution in [3.8, 4) is 0 Å². The molecule has 0 unspecified atom stereocenters. The van der Waals surface area contributed by atoms with E-state index in [0.717, 1.165) is 20.9 Å². The summed E-state index contributed by atoms with van der Waals surface area (Å²) in [6.07, 6.45) is 6.15. The quantitative estimate of drug-likeness (QED) is 0.913. The lowest BCUT2D eigenvalue weighted by atomic mass is 10.1. The summed E-state index contributed by atoms with van der Waals surface area (Å²) in [5.41, 5.74) is 1.81. The SMILES string of the molecule is OCC/C=C\c1c(Cl)cc2[nH]ncc2c1Br. The van der Waals surface area contributed by atoms with Crippen LogP contribution in [0, 0.1) is 0 Å². The maximum atomic E-state index is 8.71. The number of aliphatic hydroxyl groups excluding tert-OH is 1. The van der Waals surface area contributed by atoms with Gasteiger partial charge in [0.2, 0.25) is 0 Å². The molecule has 1 heterocycles. The van der Waals surface area contributed by atoms with Crippen molar-refractivity contribution in [2.75, 3.05) is 6.61 Å². The summed E-state index contributed by atoms with van der Waals surface area (Å²) in [6.45, 7) is 0.139. The molecule has 2 rings (SSSR count). The Morgan fingerprint density at radius 2 is 2.38 bits per heavy atom. The van der Waals surface area contributed by atoms with E-state index in [1.54, 1.807) is 6.20 Å². The maximum Gasteiger partial charge on any atom is 0.0676 e. The van der Waals surface area contributed by atoms with Crippen LogP contribution in [0.2, 0.25) is 5.02 Å². The highest BCUT2D eigenvalue weighted by atomic mass is 79.9. The fourth-order valence-corrected chi connectivity index (χ4v) is 2.51. The highest BCUT2D eigenvalue weighted by molar-refractivity contribution is 9.10. The molecule has 0 aliphatic rings. The Hall–Kier alpha value is -0.840. The fourth-order valence-electron chi connectivity index (χ4n) is 1.46. The van der Waals surface area contributed by atoms with Crippen molar-refractivity contribution >= 4 is 44.5 Å². The zero-order chi connectivity index (χ0) is 11.5. The van der Waals surface area contributed by atoms with Gasteiger partial charge in [0, 0.05) is 22.0 Å². The molecule has 0 saturated carbocycles. The largest absolute Gasteiger partial charge is 0.396 e. The van der Waals surface area contributed by atoms with Crippen molar-refractivity contribution in [3.63, 3.8) is 0 Å². The Morgan fingerprint density at radius 1 is 1.56 bits per heavy atom. The molecule has 1 aromatic heterocycles. The van der Waals surface area contributed by atoms with E-state index in [1.165, 1.54) is 0 Å². The number of H-pyrrole nitrogens is 1. The Labute approximate surface area is 106 Å². The smallest absolute Gasteiger partial charge is 0.0676 e. The topological polar surface area (TPSA) is 48.9 Å². The van der Waals surface area contributed by atoms with Gasteiger partial charge in [-0.15, -0.1) is 0 Å². The predicted octanol–water partition coefficient (Wildman–Crippen LogP) is 3.37. The highest BCUT2D eigenvalue weighted by Crippen LogP contribution is 2.33. The van der Waals surface area contributed by atoms with Crippen LogP contribution < -0.4 is 0 Å². The average molecular weight is 302 g/mol. The number of nitrogens with one attached hydrogen (secondary N) is 1. The van der Waals surface area contributed by atoms with E-state index < -0.39 is 0 Å². The highest BCUT2D eigenvalue weighted by Gasteiger charge is 2.09. The summed E-state index contributed by atoms with van der Waals surface area (Å²) in [5, 5.41) is 17.2. The standard InChI is InChI=1S/C11H10BrClN2O/c12-11-7(3-1-2-4-16)9(13)5-10-8(11)6-14-15-10/h1,3,5-6,16H,2,4H2,(H,14,15)/b3-1-. The molecule has 2 aromatic rings. The second kappa shape index (κ2) is 4.99. The molecule has 0 atom stereocenters. The Bertz CT molecular complexity index is 536. The second-order valence-corrected chi connectivity index (χ2v) is 4.53. The van der Waals surface area contributed by atoms with Gasteiger partial charge in [0.1, 0.15) is 0 Å². The number of nitrogens with zero attached hydrogens (tertiary/aromatic N) is 1. The first-order chi connectivity index (χ1) is 7.74. The lowest BCUT2D eigenvalue weighted by Crippen LogP contribution is -1.82. The molecule has 0 spiro atoms. The summed E-state index contributed by atoms with van der Waals surface area (Å²) in [7, 11) is 0. The normalized spacial score (nSPS) is 11.7. The van der Waals surface area contributed by atoms with Gasteiger partial charge in [0.15, 0.2) is 0 Å². The van der Waals surface area contributed by atoms with Crippen LogP contribution in [0.15, 0.2) is 22.8 Å². The third-order valence-electron chi connectivity index (χ3n) is 2.25. The lowest BCUT2D eigenvalue weighted by Gasteiger charge is -2.03. The number of aromatic amines is 1. The molecule has 0 fully saturated rings. The number of benzene rings is 1. The molecule has 5 heteroatoms. The van der Waals surface area contributed by atoms with Gasteiger partial charge in [0.05, 0.1) is 16.7 Å². The third kappa shape index (κ3) is 2.14. The molecule has 0 aliphatic carbocycles. The van der Waals surface area contributed by atoms with Crippen LogP contribution in [0.1, 0.15) is 12.0 Å². The number of hydrogen-bond donors (Lipinski definition) is 2. The number of fused-ring (bicyclic) bond motifs is 1. The fraction of sp³-hybridized carbons (Fsp3) is 0.182. The van der Waals surface area contributed by atoms with Crippen molar-refractivity contribution in [1.82, 2.24) is 10.2 Å². The molecule has 0 aliphatic heterocycles. The Balaban J connectivity index is 2.51. The Kier molecular flexibility index (Phi) is 3.63. The molecule has 84 valence electrons. The van der Waals surface area contributed by atoms with Crippen LogP contribution in [-0.2, 0) is 0 Å². The van der Waals surface area contributed by atoms with Crippen molar-refractivity contribution < 1.29 is 5.11 Å². The molecule has 0 saturated heterocycles. The summed E-state index contributed by atoms with van der Waals surface area (Å²) >= 11 is 9.66. The minimum atomic E-state index is 0.139. The predicted molar refractivity (Wildman–Crippen MR) is 69.5 cm³/mol. The number of rotatable bonds is 3. The van der Waals surface area contributed by atoms with Gasteiger partial charge in [-0.3, -0.25) is 5.10 Å². The van der Waals surface area contributed by atoms with Gasteiger partial charge >= 0.3 is 0 Å². The summed E-state index contributed by atoms with van der Waals surface area (Å²) in [4.78, 5) is 0. The monoisotopic (exact) mass is 300 g/mol. The van der Waals surface area contributed by atoms with Crippen LogP contribution in [0.4, 0.5) is 0 Å². The third-order valence-corrected chi connectivity index (χ3v) is 3.42. The van der Waals surface area contributed by atoms with Gasteiger partial charge in [0.25, 0.3) is 0 Å². The number of aliphatic hydroxyl groups is 1. The second-order valence-electron chi connectivity index (χ2n) is 3.33. The summed E-state index contributed by atoms with van der Waals surface area (Å²) < 4.78 is 0.915. The van der Waals surface area contributed by atoms with E-state index >= 15 is 0 Å². The first-order valence-corrected chi connectivity index (χ1v) is 5.99. The van der Waals surface area contributed by atoms with E-state index in [9.17, 15) is 0 Å². The summed E-state index contributed by atoms with van der Waals surface area (Å²) in [6, 6.07) is 1.84. The molecular formula is C11H10BrClN2O. The maximum absolute atomic E-state index is 8.71. The van der Waals surface area contributed by atoms with Crippen LogP contribution in [0.3, 0.4) is 0 Å². The van der Waals surface area contributed by atoms with Crippen LogP contribution in [0.25, 0.3) is 17.0 Å². The zero-order valence-electron chi connectivity index (χ0n) is 8.37. The van der Waals surface area contributed by atoms with Gasteiger partial charge in [-0.1, -0.05) is 23.8 Å². The van der Waals surface area contributed by atoms with Gasteiger partial charge in [-0.2, -0.15) is 5.10 Å². The van der Waals surface area contributed by atoms with E-state index in [2.05, 4.69) is 26.1 Å². The molecule has 0 bridgehead atoms. The van der Waals surface area contributed by atoms with Crippen molar-refractivity contribution in [1.29, 1.82) is 0 Å². The molecule has 0 amide bonds. The molecule has 3 nitrogen and oxygen atoms in total. The Morgan fingerprint density at radius 3 is 3.12 bits per heavy atom. The first-order valence-electron chi connectivity index (χ1n) is 4.82. The zero-order valence-corrected chi connectivity index (χ0v) is 10.7. The van der Waals surface area contributed by atoms with E-state index in [4.69, 9.17) is 16.7 Å².